The van der Waals surface area contributed by atoms with Crippen molar-refractivity contribution in [2.75, 3.05) is 0 Å². The summed E-state index contributed by atoms with van der Waals surface area (Å²) in [5.74, 6) is -0.0312. The minimum atomic E-state index is -1.03. The van der Waals surface area contributed by atoms with E-state index in [1.165, 1.54) is 0 Å². The van der Waals surface area contributed by atoms with Gasteiger partial charge in [-0.3, -0.25) is 15.5 Å². The first-order chi connectivity index (χ1) is 20.3. The fourth-order valence-corrected chi connectivity index (χ4v) is 5.09. The molecule has 0 aliphatic rings. The molecule has 0 radical (unpaired) electrons. The summed E-state index contributed by atoms with van der Waals surface area (Å²) >= 11 is 6.54. The number of aromatic nitrogens is 2. The number of pyridine rings is 1. The molecule has 42 heavy (non-hydrogen) atoms. The largest absolute Gasteiger partial charge is 0.483 e. The fourth-order valence-electron chi connectivity index (χ4n) is 4.88. The summed E-state index contributed by atoms with van der Waals surface area (Å²) in [4.78, 5) is 17.3. The number of benzene rings is 3. The zero-order valence-corrected chi connectivity index (χ0v) is 24.0. The van der Waals surface area contributed by atoms with E-state index in [4.69, 9.17) is 37.1 Å². The second kappa shape index (κ2) is 13.2. The molecule has 2 heterocycles. The fraction of sp³-hybridized carbons (Fsp3) is 0.242. The molecule has 0 saturated heterocycles. The van der Waals surface area contributed by atoms with Gasteiger partial charge in [-0.2, -0.15) is 0 Å². The van der Waals surface area contributed by atoms with Gasteiger partial charge in [-0.15, -0.1) is 0 Å². The van der Waals surface area contributed by atoms with Crippen molar-refractivity contribution in [1.29, 1.82) is 0 Å². The van der Waals surface area contributed by atoms with Crippen LogP contribution in [0.2, 0.25) is 5.02 Å². The van der Waals surface area contributed by atoms with Crippen LogP contribution in [-0.4, -0.2) is 27.9 Å². The summed E-state index contributed by atoms with van der Waals surface area (Å²) in [6.45, 7) is 1.89. The maximum absolute atomic E-state index is 12.9. The van der Waals surface area contributed by atoms with Crippen molar-refractivity contribution in [3.05, 3.63) is 125 Å². The highest BCUT2D eigenvalue weighted by Gasteiger charge is 2.36. The lowest BCUT2D eigenvalue weighted by molar-refractivity contribution is -0.152. The molecule has 5 aromatic rings. The van der Waals surface area contributed by atoms with Crippen LogP contribution in [-0.2, 0) is 28.8 Å². The minimum Gasteiger partial charge on any atom is -0.483 e. The molecule has 5 rings (SSSR count). The second-order valence-electron chi connectivity index (χ2n) is 10.4. The van der Waals surface area contributed by atoms with Gasteiger partial charge in [0.1, 0.15) is 11.9 Å². The maximum atomic E-state index is 12.9. The van der Waals surface area contributed by atoms with Gasteiger partial charge in [-0.05, 0) is 49.1 Å². The van der Waals surface area contributed by atoms with Crippen molar-refractivity contribution in [3.63, 3.8) is 0 Å². The Balaban J connectivity index is 1.24. The van der Waals surface area contributed by atoms with Gasteiger partial charge in [0, 0.05) is 24.1 Å². The predicted octanol–water partition coefficient (Wildman–Crippen LogP) is 5.96. The number of rotatable bonds is 12. The van der Waals surface area contributed by atoms with E-state index >= 15 is 0 Å². The molecule has 0 bridgehead atoms. The average molecular weight is 585 g/mol. The standard InChI is InChI=1S/C33H33ClN4O4/c1-22(27-14-8-9-17-37-27)40-30-19-29-25(18-26(30)34)28(38-42-29)15-16-31(39)41-32(35)33(36,20-23-10-4-2-5-11-23)21-24-12-6-3-7-13-24/h2-14,17-19,22,32H,15-16,20-21,35-36H2,1H3/t22-,32-/m1/s1. The summed E-state index contributed by atoms with van der Waals surface area (Å²) < 4.78 is 17.3. The number of hydrogen-bond acceptors (Lipinski definition) is 8. The van der Waals surface area contributed by atoms with Crippen LogP contribution in [0.1, 0.15) is 42.0 Å². The highest BCUT2D eigenvalue weighted by atomic mass is 35.5. The maximum Gasteiger partial charge on any atom is 0.307 e. The van der Waals surface area contributed by atoms with Crippen LogP contribution >= 0.6 is 11.6 Å². The van der Waals surface area contributed by atoms with Crippen LogP contribution in [0.5, 0.6) is 5.75 Å². The lowest BCUT2D eigenvalue weighted by Crippen LogP contribution is -2.60. The van der Waals surface area contributed by atoms with E-state index in [1.807, 2.05) is 85.8 Å². The number of aryl methyl sites for hydroxylation is 1. The lowest BCUT2D eigenvalue weighted by atomic mass is 9.84. The second-order valence-corrected chi connectivity index (χ2v) is 10.8. The zero-order valence-electron chi connectivity index (χ0n) is 23.3. The first-order valence-corrected chi connectivity index (χ1v) is 14.2. The van der Waals surface area contributed by atoms with E-state index in [0.717, 1.165) is 16.8 Å². The monoisotopic (exact) mass is 584 g/mol. The number of hydrogen-bond donors (Lipinski definition) is 2. The van der Waals surface area contributed by atoms with Crippen LogP contribution in [0.4, 0.5) is 0 Å². The summed E-state index contributed by atoms with van der Waals surface area (Å²) in [5, 5.41) is 5.25. The molecule has 4 N–H and O–H groups in total. The number of carbonyl (C=O) groups is 1. The number of ether oxygens (including phenoxy) is 2. The highest BCUT2D eigenvalue weighted by molar-refractivity contribution is 6.32. The van der Waals surface area contributed by atoms with Crippen molar-refractivity contribution < 1.29 is 18.8 Å². The van der Waals surface area contributed by atoms with E-state index < -0.39 is 17.7 Å². The lowest BCUT2D eigenvalue weighted by Gasteiger charge is -2.35. The Hall–Kier alpha value is -4.24. The minimum absolute atomic E-state index is 0.0364. The van der Waals surface area contributed by atoms with Gasteiger partial charge in [-0.25, -0.2) is 0 Å². The van der Waals surface area contributed by atoms with Gasteiger partial charge in [0.25, 0.3) is 0 Å². The first-order valence-electron chi connectivity index (χ1n) is 13.8. The Labute approximate surface area is 249 Å². The SMILES string of the molecule is C[C@@H](Oc1cc2onc(CCC(=O)O[C@@H](N)C(N)(Cc3ccccc3)Cc3ccccc3)c2cc1Cl)c1ccccn1. The molecule has 8 nitrogen and oxygen atoms in total. The van der Waals surface area contributed by atoms with E-state index in [1.54, 1.807) is 18.3 Å². The van der Waals surface area contributed by atoms with E-state index in [-0.39, 0.29) is 18.9 Å². The third-order valence-electron chi connectivity index (χ3n) is 7.15. The average Bonchev–Trinajstić information content (AvgIpc) is 3.38. The van der Waals surface area contributed by atoms with Gasteiger partial charge in [0.15, 0.2) is 11.8 Å². The topological polar surface area (TPSA) is 126 Å². The number of nitrogens with zero attached hydrogens (tertiary/aromatic N) is 2. The van der Waals surface area contributed by atoms with Crippen LogP contribution in [0, 0.1) is 0 Å². The third kappa shape index (κ3) is 7.15. The molecule has 2 aromatic heterocycles. The Morgan fingerprint density at radius 2 is 1.62 bits per heavy atom. The summed E-state index contributed by atoms with van der Waals surface area (Å²) in [6.07, 6.45) is 1.54. The third-order valence-corrected chi connectivity index (χ3v) is 7.45. The number of carbonyl (C=O) groups excluding carboxylic acids is 1. The van der Waals surface area contributed by atoms with Crippen molar-refractivity contribution in [2.24, 2.45) is 11.5 Å². The zero-order chi connectivity index (χ0) is 29.5. The van der Waals surface area contributed by atoms with Crippen molar-refractivity contribution >= 4 is 28.5 Å². The molecule has 2 atom stereocenters. The molecule has 0 saturated carbocycles. The molecule has 216 valence electrons. The molecular formula is C33H33ClN4O4. The van der Waals surface area contributed by atoms with Gasteiger partial charge >= 0.3 is 5.97 Å². The molecule has 9 heteroatoms. The van der Waals surface area contributed by atoms with Crippen LogP contribution in [0.3, 0.4) is 0 Å². The van der Waals surface area contributed by atoms with E-state index in [0.29, 0.717) is 40.3 Å². The number of esters is 1. The Bertz CT molecular complexity index is 1570. The van der Waals surface area contributed by atoms with Crippen molar-refractivity contribution in [1.82, 2.24) is 10.1 Å². The molecule has 0 amide bonds. The predicted molar refractivity (Wildman–Crippen MR) is 162 cm³/mol. The number of nitrogens with two attached hydrogens (primary N) is 2. The van der Waals surface area contributed by atoms with Crippen molar-refractivity contribution in [3.8, 4) is 5.75 Å². The van der Waals surface area contributed by atoms with Crippen LogP contribution < -0.4 is 16.2 Å². The molecule has 3 aromatic carbocycles. The quantitative estimate of drug-likeness (QED) is 0.136. The molecule has 0 fully saturated rings. The van der Waals surface area contributed by atoms with Gasteiger partial charge < -0.3 is 19.7 Å². The molecule has 0 aliphatic carbocycles. The van der Waals surface area contributed by atoms with E-state index in [9.17, 15) is 4.79 Å². The number of fused-ring (bicyclic) bond motifs is 1. The summed E-state index contributed by atoms with van der Waals surface area (Å²) in [5.41, 5.74) is 16.2. The van der Waals surface area contributed by atoms with Gasteiger partial charge in [-0.1, -0.05) is 83.5 Å². The van der Waals surface area contributed by atoms with Crippen molar-refractivity contribution in [2.45, 2.75) is 50.5 Å². The van der Waals surface area contributed by atoms with Gasteiger partial charge in [0.05, 0.1) is 28.4 Å². The summed E-state index contributed by atoms with van der Waals surface area (Å²) in [6, 6.07) is 28.6. The molecular weight excluding hydrogens is 552 g/mol. The normalized spacial score (nSPS) is 13.0. The smallest absolute Gasteiger partial charge is 0.307 e. The van der Waals surface area contributed by atoms with Gasteiger partial charge in [0.2, 0.25) is 0 Å². The van der Waals surface area contributed by atoms with E-state index in [2.05, 4.69) is 10.1 Å². The highest BCUT2D eigenvalue weighted by Crippen LogP contribution is 2.34. The molecule has 0 aliphatic heterocycles. The Morgan fingerprint density at radius 3 is 2.24 bits per heavy atom. The Morgan fingerprint density at radius 1 is 0.976 bits per heavy atom. The molecule has 0 unspecified atom stereocenters. The van der Waals surface area contributed by atoms with Crippen LogP contribution in [0.25, 0.3) is 11.0 Å². The molecule has 0 spiro atoms. The summed E-state index contributed by atoms with van der Waals surface area (Å²) in [7, 11) is 0. The van der Waals surface area contributed by atoms with Crippen LogP contribution in [0.15, 0.2) is 102 Å². The first kappa shape index (κ1) is 29.3. The Kier molecular flexibility index (Phi) is 9.17. The number of halogens is 1.